The third-order valence-corrected chi connectivity index (χ3v) is 3.48. The highest BCUT2D eigenvalue weighted by Crippen LogP contribution is 2.20. The fourth-order valence-corrected chi connectivity index (χ4v) is 2.05. The van der Waals surface area contributed by atoms with Crippen molar-refractivity contribution in [3.63, 3.8) is 0 Å². The van der Waals surface area contributed by atoms with Crippen LogP contribution in [0.5, 0.6) is 0 Å². The topological polar surface area (TPSA) is 55.1 Å². The van der Waals surface area contributed by atoms with Gasteiger partial charge in [0.05, 0.1) is 6.04 Å². The molecule has 1 atom stereocenters. The maximum absolute atomic E-state index is 12.0. The Labute approximate surface area is 123 Å². The quantitative estimate of drug-likeness (QED) is 0.908. The Bertz CT molecular complexity index is 599. The largest absolute Gasteiger partial charge is 0.325 e. The number of benzene rings is 2. The average molecular weight is 289 g/mol. The first-order valence-corrected chi connectivity index (χ1v) is 6.80. The molecule has 0 aliphatic rings. The summed E-state index contributed by atoms with van der Waals surface area (Å²) in [5, 5.41) is 3.41. The van der Waals surface area contributed by atoms with E-state index in [1.807, 2.05) is 49.4 Å². The Balaban J connectivity index is 1.99. The third-order valence-electron chi connectivity index (χ3n) is 3.07. The summed E-state index contributed by atoms with van der Waals surface area (Å²) in [6.07, 6.45) is 0.506. The second-order valence-electron chi connectivity index (χ2n) is 4.75. The Morgan fingerprint density at radius 2 is 1.95 bits per heavy atom. The SMILES string of the molecule is Cc1ccc(NC(=O)[C@@H](N)Cc2ccccc2)cc1Cl. The van der Waals surface area contributed by atoms with Gasteiger partial charge >= 0.3 is 0 Å². The highest BCUT2D eigenvalue weighted by Gasteiger charge is 2.14. The van der Waals surface area contributed by atoms with Crippen LogP contribution in [0.3, 0.4) is 0 Å². The number of hydrogen-bond acceptors (Lipinski definition) is 2. The van der Waals surface area contributed by atoms with Crippen LogP contribution in [0.25, 0.3) is 0 Å². The van der Waals surface area contributed by atoms with E-state index in [-0.39, 0.29) is 5.91 Å². The summed E-state index contributed by atoms with van der Waals surface area (Å²) in [4.78, 5) is 12.0. The summed E-state index contributed by atoms with van der Waals surface area (Å²) in [7, 11) is 0. The van der Waals surface area contributed by atoms with Gasteiger partial charge in [0.15, 0.2) is 0 Å². The molecule has 2 rings (SSSR count). The van der Waals surface area contributed by atoms with Crippen molar-refractivity contribution in [3.05, 3.63) is 64.7 Å². The van der Waals surface area contributed by atoms with Crippen molar-refractivity contribution in [2.45, 2.75) is 19.4 Å². The molecule has 0 saturated heterocycles. The summed E-state index contributed by atoms with van der Waals surface area (Å²) < 4.78 is 0. The van der Waals surface area contributed by atoms with E-state index in [1.54, 1.807) is 6.07 Å². The van der Waals surface area contributed by atoms with E-state index in [0.29, 0.717) is 17.1 Å². The molecular weight excluding hydrogens is 272 g/mol. The zero-order chi connectivity index (χ0) is 14.5. The van der Waals surface area contributed by atoms with Crippen LogP contribution in [-0.2, 0) is 11.2 Å². The molecule has 0 spiro atoms. The van der Waals surface area contributed by atoms with Crippen LogP contribution in [0.1, 0.15) is 11.1 Å². The van der Waals surface area contributed by atoms with Crippen molar-refractivity contribution in [2.75, 3.05) is 5.32 Å². The summed E-state index contributed by atoms with van der Waals surface area (Å²) in [6.45, 7) is 1.91. The molecule has 0 radical (unpaired) electrons. The van der Waals surface area contributed by atoms with Crippen LogP contribution in [0.15, 0.2) is 48.5 Å². The molecule has 104 valence electrons. The predicted molar refractivity (Wildman–Crippen MR) is 82.9 cm³/mol. The highest BCUT2D eigenvalue weighted by atomic mass is 35.5. The minimum Gasteiger partial charge on any atom is -0.325 e. The van der Waals surface area contributed by atoms with Gasteiger partial charge in [-0.25, -0.2) is 0 Å². The third kappa shape index (κ3) is 3.83. The average Bonchev–Trinajstić information content (AvgIpc) is 2.44. The Kier molecular flexibility index (Phi) is 4.77. The molecule has 20 heavy (non-hydrogen) atoms. The molecule has 0 aromatic heterocycles. The van der Waals surface area contributed by atoms with Crippen molar-refractivity contribution >= 4 is 23.2 Å². The summed E-state index contributed by atoms with van der Waals surface area (Å²) in [6, 6.07) is 14.5. The smallest absolute Gasteiger partial charge is 0.241 e. The first-order valence-electron chi connectivity index (χ1n) is 6.43. The number of halogens is 1. The van der Waals surface area contributed by atoms with Gasteiger partial charge in [-0.3, -0.25) is 4.79 Å². The summed E-state index contributed by atoms with van der Waals surface area (Å²) >= 11 is 6.02. The highest BCUT2D eigenvalue weighted by molar-refractivity contribution is 6.31. The van der Waals surface area contributed by atoms with Crippen molar-refractivity contribution in [1.82, 2.24) is 0 Å². The van der Waals surface area contributed by atoms with Crippen molar-refractivity contribution in [1.29, 1.82) is 0 Å². The molecule has 0 aliphatic heterocycles. The predicted octanol–water partition coefficient (Wildman–Crippen LogP) is 3.16. The maximum atomic E-state index is 12.0. The molecule has 0 saturated carbocycles. The Hall–Kier alpha value is -1.84. The van der Waals surface area contributed by atoms with Gasteiger partial charge in [-0.1, -0.05) is 48.0 Å². The maximum Gasteiger partial charge on any atom is 0.241 e. The van der Waals surface area contributed by atoms with E-state index in [1.165, 1.54) is 0 Å². The van der Waals surface area contributed by atoms with E-state index in [2.05, 4.69) is 5.32 Å². The van der Waals surface area contributed by atoms with E-state index in [0.717, 1.165) is 11.1 Å². The number of nitrogens with one attached hydrogen (secondary N) is 1. The van der Waals surface area contributed by atoms with Crippen LogP contribution in [0, 0.1) is 6.92 Å². The van der Waals surface area contributed by atoms with Crippen LogP contribution < -0.4 is 11.1 Å². The van der Waals surface area contributed by atoms with Gasteiger partial charge in [-0.05, 0) is 36.6 Å². The molecule has 0 unspecified atom stereocenters. The number of carbonyl (C=O) groups is 1. The lowest BCUT2D eigenvalue weighted by atomic mass is 10.1. The first kappa shape index (κ1) is 14.6. The Morgan fingerprint density at radius 3 is 2.60 bits per heavy atom. The molecule has 0 fully saturated rings. The van der Waals surface area contributed by atoms with Gasteiger partial charge in [-0.2, -0.15) is 0 Å². The lowest BCUT2D eigenvalue weighted by molar-refractivity contribution is -0.117. The first-order chi connectivity index (χ1) is 9.56. The summed E-state index contributed by atoms with van der Waals surface area (Å²) in [5.41, 5.74) is 8.59. The molecule has 3 N–H and O–H groups in total. The lowest BCUT2D eigenvalue weighted by Crippen LogP contribution is -2.37. The molecular formula is C16H17ClN2O. The van der Waals surface area contributed by atoms with Gasteiger partial charge in [0, 0.05) is 10.7 Å². The fourth-order valence-electron chi connectivity index (χ4n) is 1.87. The van der Waals surface area contributed by atoms with Crippen molar-refractivity contribution in [3.8, 4) is 0 Å². The zero-order valence-electron chi connectivity index (χ0n) is 11.3. The minimum absolute atomic E-state index is 0.214. The summed E-state index contributed by atoms with van der Waals surface area (Å²) in [5.74, 6) is -0.214. The molecule has 0 bridgehead atoms. The normalized spacial score (nSPS) is 11.9. The van der Waals surface area contributed by atoms with Gasteiger partial charge in [0.25, 0.3) is 0 Å². The molecule has 4 heteroatoms. The van der Waals surface area contributed by atoms with Crippen LogP contribution in [0.4, 0.5) is 5.69 Å². The lowest BCUT2D eigenvalue weighted by Gasteiger charge is -2.13. The molecule has 3 nitrogen and oxygen atoms in total. The molecule has 2 aromatic rings. The van der Waals surface area contributed by atoms with Crippen LogP contribution in [0.2, 0.25) is 5.02 Å². The van der Waals surface area contributed by atoms with Crippen molar-refractivity contribution in [2.24, 2.45) is 5.73 Å². The molecule has 1 amide bonds. The number of aryl methyl sites for hydroxylation is 1. The second-order valence-corrected chi connectivity index (χ2v) is 5.16. The van der Waals surface area contributed by atoms with Crippen molar-refractivity contribution < 1.29 is 4.79 Å². The van der Waals surface area contributed by atoms with E-state index >= 15 is 0 Å². The van der Waals surface area contributed by atoms with E-state index in [4.69, 9.17) is 17.3 Å². The number of amides is 1. The van der Waals surface area contributed by atoms with Gasteiger partial charge in [-0.15, -0.1) is 0 Å². The van der Waals surface area contributed by atoms with Gasteiger partial charge < -0.3 is 11.1 Å². The molecule has 2 aromatic carbocycles. The Morgan fingerprint density at radius 1 is 1.25 bits per heavy atom. The number of carbonyl (C=O) groups excluding carboxylic acids is 1. The monoisotopic (exact) mass is 288 g/mol. The molecule has 0 aliphatic carbocycles. The second kappa shape index (κ2) is 6.55. The standard InChI is InChI=1S/C16H17ClN2O/c1-11-7-8-13(10-14(11)17)19-16(20)15(18)9-12-5-3-2-4-6-12/h2-8,10,15H,9,18H2,1H3,(H,19,20)/t15-/m0/s1. The zero-order valence-corrected chi connectivity index (χ0v) is 12.0. The number of hydrogen-bond donors (Lipinski definition) is 2. The fraction of sp³-hybridized carbons (Fsp3) is 0.188. The van der Waals surface area contributed by atoms with Gasteiger partial charge in [0.2, 0.25) is 5.91 Å². The van der Waals surface area contributed by atoms with Crippen LogP contribution in [-0.4, -0.2) is 11.9 Å². The van der Waals surface area contributed by atoms with E-state index in [9.17, 15) is 4.79 Å². The minimum atomic E-state index is -0.586. The number of rotatable bonds is 4. The molecule has 0 heterocycles. The van der Waals surface area contributed by atoms with Crippen LogP contribution >= 0.6 is 11.6 Å². The van der Waals surface area contributed by atoms with E-state index < -0.39 is 6.04 Å². The number of anilines is 1. The number of nitrogens with two attached hydrogens (primary N) is 1. The van der Waals surface area contributed by atoms with Gasteiger partial charge in [0.1, 0.15) is 0 Å².